The predicted octanol–water partition coefficient (Wildman–Crippen LogP) is 4.10. The summed E-state index contributed by atoms with van der Waals surface area (Å²) in [6.45, 7) is 2.10. The van der Waals surface area contributed by atoms with Crippen molar-refractivity contribution in [1.29, 1.82) is 0 Å². The summed E-state index contributed by atoms with van der Waals surface area (Å²) in [5, 5.41) is 0. The molecule has 2 aromatic rings. The van der Waals surface area contributed by atoms with E-state index < -0.39 is 0 Å². The number of ether oxygens (including phenoxy) is 2. The van der Waals surface area contributed by atoms with Gasteiger partial charge in [-0.15, -0.1) is 0 Å². The summed E-state index contributed by atoms with van der Waals surface area (Å²) in [5.41, 5.74) is 1.35. The Balaban J connectivity index is 1.82. The fourth-order valence-corrected chi connectivity index (χ4v) is 1.96. The molecule has 0 aromatic heterocycles. The second-order valence-corrected chi connectivity index (χ2v) is 4.63. The molecule has 19 heavy (non-hydrogen) atoms. The van der Waals surface area contributed by atoms with E-state index >= 15 is 0 Å². The van der Waals surface area contributed by atoms with Crippen molar-refractivity contribution in [1.82, 2.24) is 0 Å². The van der Waals surface area contributed by atoms with Gasteiger partial charge < -0.3 is 9.47 Å². The number of aryl methyl sites for hydroxylation is 1. The molecule has 2 rings (SSSR count). The molecule has 2 nitrogen and oxygen atoms in total. The fourth-order valence-electron chi connectivity index (χ4n) is 1.96. The minimum Gasteiger partial charge on any atom is -0.497 e. The lowest BCUT2D eigenvalue weighted by Gasteiger charge is -2.15. The highest BCUT2D eigenvalue weighted by Gasteiger charge is 2.04. The molecule has 2 aromatic carbocycles. The van der Waals surface area contributed by atoms with Gasteiger partial charge in [0.25, 0.3) is 0 Å². The van der Waals surface area contributed by atoms with E-state index in [4.69, 9.17) is 9.47 Å². The fraction of sp³-hybridized carbons (Fsp3) is 0.294. The Kier molecular flexibility index (Phi) is 4.85. The summed E-state index contributed by atoms with van der Waals surface area (Å²) in [6, 6.07) is 18.2. The molecular weight excluding hydrogens is 236 g/mol. The van der Waals surface area contributed by atoms with Crippen LogP contribution in [0.2, 0.25) is 0 Å². The summed E-state index contributed by atoms with van der Waals surface area (Å²) >= 11 is 0. The van der Waals surface area contributed by atoms with Crippen molar-refractivity contribution in [2.24, 2.45) is 0 Å². The summed E-state index contributed by atoms with van der Waals surface area (Å²) in [6.07, 6.45) is 2.25. The molecule has 1 atom stereocenters. The second-order valence-electron chi connectivity index (χ2n) is 4.63. The molecule has 2 heteroatoms. The quantitative estimate of drug-likeness (QED) is 0.775. The molecule has 100 valence electrons. The smallest absolute Gasteiger partial charge is 0.119 e. The largest absolute Gasteiger partial charge is 0.497 e. The van der Waals surface area contributed by atoms with E-state index in [-0.39, 0.29) is 6.10 Å². The van der Waals surface area contributed by atoms with Crippen LogP contribution < -0.4 is 9.47 Å². The first-order chi connectivity index (χ1) is 9.28. The van der Waals surface area contributed by atoms with Crippen LogP contribution >= 0.6 is 0 Å². The molecule has 0 amide bonds. The van der Waals surface area contributed by atoms with Gasteiger partial charge in [-0.2, -0.15) is 0 Å². The van der Waals surface area contributed by atoms with Crippen LogP contribution in [0.15, 0.2) is 54.6 Å². The molecule has 0 heterocycles. The highest BCUT2D eigenvalue weighted by Crippen LogP contribution is 2.19. The molecule has 1 unspecified atom stereocenters. The maximum atomic E-state index is 5.88. The minimum atomic E-state index is 0.202. The molecule has 0 saturated heterocycles. The lowest BCUT2D eigenvalue weighted by Crippen LogP contribution is -2.12. The second kappa shape index (κ2) is 6.83. The first kappa shape index (κ1) is 13.5. The van der Waals surface area contributed by atoms with Crippen LogP contribution in [0.1, 0.15) is 18.9 Å². The Hall–Kier alpha value is -1.96. The lowest BCUT2D eigenvalue weighted by atomic mass is 10.1. The van der Waals surface area contributed by atoms with Gasteiger partial charge in [-0.05, 0) is 49.6 Å². The van der Waals surface area contributed by atoms with Gasteiger partial charge in [0.15, 0.2) is 0 Å². The molecular formula is C17H20O2. The van der Waals surface area contributed by atoms with Crippen molar-refractivity contribution in [2.45, 2.75) is 25.9 Å². The van der Waals surface area contributed by atoms with E-state index in [9.17, 15) is 0 Å². The first-order valence-electron chi connectivity index (χ1n) is 6.62. The standard InChI is InChI=1S/C17H20O2/c1-14(8-9-15-6-4-3-5-7-15)19-17-12-10-16(18-2)11-13-17/h3-7,10-14H,8-9H2,1-2H3. The molecule has 0 bridgehead atoms. The predicted molar refractivity (Wildman–Crippen MR) is 77.8 cm³/mol. The lowest BCUT2D eigenvalue weighted by molar-refractivity contribution is 0.211. The van der Waals surface area contributed by atoms with Crippen LogP contribution in [0.25, 0.3) is 0 Å². The maximum Gasteiger partial charge on any atom is 0.119 e. The van der Waals surface area contributed by atoms with E-state index in [1.807, 2.05) is 30.3 Å². The summed E-state index contributed by atoms with van der Waals surface area (Å²) in [5.74, 6) is 1.74. The van der Waals surface area contributed by atoms with Gasteiger partial charge in [-0.1, -0.05) is 30.3 Å². The number of methoxy groups -OCH3 is 1. The Bertz CT molecular complexity index is 476. The van der Waals surface area contributed by atoms with Gasteiger partial charge in [-0.25, -0.2) is 0 Å². The molecule has 0 aliphatic heterocycles. The number of benzene rings is 2. The normalized spacial score (nSPS) is 11.9. The van der Waals surface area contributed by atoms with Gasteiger partial charge >= 0.3 is 0 Å². The van der Waals surface area contributed by atoms with E-state index in [0.717, 1.165) is 24.3 Å². The topological polar surface area (TPSA) is 18.5 Å². The van der Waals surface area contributed by atoms with E-state index in [0.29, 0.717) is 0 Å². The Labute approximate surface area is 115 Å². The highest BCUT2D eigenvalue weighted by atomic mass is 16.5. The van der Waals surface area contributed by atoms with Gasteiger partial charge in [0.05, 0.1) is 13.2 Å². The zero-order valence-electron chi connectivity index (χ0n) is 11.5. The van der Waals surface area contributed by atoms with Crippen molar-refractivity contribution in [3.05, 3.63) is 60.2 Å². The maximum absolute atomic E-state index is 5.88. The monoisotopic (exact) mass is 256 g/mol. The van der Waals surface area contributed by atoms with Crippen molar-refractivity contribution >= 4 is 0 Å². The molecule has 0 aliphatic carbocycles. The molecule has 0 saturated carbocycles. The third-order valence-corrected chi connectivity index (χ3v) is 3.08. The van der Waals surface area contributed by atoms with Gasteiger partial charge in [0.1, 0.15) is 11.5 Å². The van der Waals surface area contributed by atoms with E-state index in [1.165, 1.54) is 5.56 Å². The van der Waals surface area contributed by atoms with E-state index in [1.54, 1.807) is 7.11 Å². The number of hydrogen-bond acceptors (Lipinski definition) is 2. The summed E-state index contributed by atoms with van der Waals surface area (Å²) < 4.78 is 11.0. The molecule has 0 aliphatic rings. The SMILES string of the molecule is COc1ccc(OC(C)CCc2ccccc2)cc1. The average molecular weight is 256 g/mol. The van der Waals surface area contributed by atoms with Crippen molar-refractivity contribution < 1.29 is 9.47 Å². The highest BCUT2D eigenvalue weighted by molar-refractivity contribution is 5.31. The minimum absolute atomic E-state index is 0.202. The first-order valence-corrected chi connectivity index (χ1v) is 6.62. The van der Waals surface area contributed by atoms with Crippen LogP contribution in [-0.2, 0) is 6.42 Å². The van der Waals surface area contributed by atoms with Crippen LogP contribution in [0, 0.1) is 0 Å². The van der Waals surface area contributed by atoms with Crippen molar-refractivity contribution in [2.75, 3.05) is 7.11 Å². The molecule has 0 fully saturated rings. The van der Waals surface area contributed by atoms with Crippen LogP contribution in [0.5, 0.6) is 11.5 Å². The summed E-state index contributed by atoms with van der Waals surface area (Å²) in [7, 11) is 1.67. The molecule has 0 spiro atoms. The third kappa shape index (κ3) is 4.32. The van der Waals surface area contributed by atoms with Gasteiger partial charge in [-0.3, -0.25) is 0 Å². The summed E-state index contributed by atoms with van der Waals surface area (Å²) in [4.78, 5) is 0. The van der Waals surface area contributed by atoms with Crippen LogP contribution in [0.3, 0.4) is 0 Å². The zero-order valence-corrected chi connectivity index (χ0v) is 11.5. The third-order valence-electron chi connectivity index (χ3n) is 3.08. The van der Waals surface area contributed by atoms with Crippen LogP contribution in [0.4, 0.5) is 0 Å². The van der Waals surface area contributed by atoms with Crippen molar-refractivity contribution in [3.8, 4) is 11.5 Å². The number of hydrogen-bond donors (Lipinski definition) is 0. The average Bonchev–Trinajstić information content (AvgIpc) is 2.47. The Morgan fingerprint density at radius 2 is 1.53 bits per heavy atom. The molecule has 0 N–H and O–H groups in total. The van der Waals surface area contributed by atoms with E-state index in [2.05, 4.69) is 31.2 Å². The van der Waals surface area contributed by atoms with Crippen LogP contribution in [-0.4, -0.2) is 13.2 Å². The Morgan fingerprint density at radius 3 is 2.16 bits per heavy atom. The molecule has 0 radical (unpaired) electrons. The number of rotatable bonds is 6. The zero-order chi connectivity index (χ0) is 13.5. The Morgan fingerprint density at radius 1 is 0.895 bits per heavy atom. The van der Waals surface area contributed by atoms with Crippen molar-refractivity contribution in [3.63, 3.8) is 0 Å². The van der Waals surface area contributed by atoms with Gasteiger partial charge in [0, 0.05) is 0 Å². The van der Waals surface area contributed by atoms with Gasteiger partial charge in [0.2, 0.25) is 0 Å².